The zero-order valence-electron chi connectivity index (χ0n) is 12.9. The summed E-state index contributed by atoms with van der Waals surface area (Å²) >= 11 is 1.61. The van der Waals surface area contributed by atoms with Crippen LogP contribution < -0.4 is 5.73 Å². The lowest BCUT2D eigenvalue weighted by molar-refractivity contribution is 0.615. The van der Waals surface area contributed by atoms with Crippen molar-refractivity contribution in [3.05, 3.63) is 36.2 Å². The lowest BCUT2D eigenvalue weighted by atomic mass is 10.2. The maximum absolute atomic E-state index is 5.95. The second-order valence-electron chi connectivity index (χ2n) is 5.15. The zero-order valence-corrected chi connectivity index (χ0v) is 13.7. The highest BCUT2D eigenvalue weighted by molar-refractivity contribution is 7.99. The molecule has 2 N–H and O–H groups in total. The van der Waals surface area contributed by atoms with E-state index in [2.05, 4.69) is 44.5 Å². The lowest BCUT2D eigenvalue weighted by Gasteiger charge is -2.08. The van der Waals surface area contributed by atoms with Crippen LogP contribution in [-0.2, 0) is 6.54 Å². The van der Waals surface area contributed by atoms with E-state index in [1.807, 2.05) is 12.1 Å². The number of rotatable bonds is 5. The van der Waals surface area contributed by atoms with Crippen LogP contribution in [0, 0.1) is 19.3 Å². The summed E-state index contributed by atoms with van der Waals surface area (Å²) in [6.07, 6.45) is 8.42. The second kappa shape index (κ2) is 6.71. The molecule has 2 aromatic heterocycles. The topological polar surface area (TPSA) is 69.6 Å². The predicted molar refractivity (Wildman–Crippen MR) is 93.1 cm³/mol. The van der Waals surface area contributed by atoms with Gasteiger partial charge < -0.3 is 10.3 Å². The fourth-order valence-corrected chi connectivity index (χ4v) is 3.32. The summed E-state index contributed by atoms with van der Waals surface area (Å²) in [5.41, 5.74) is 8.55. The summed E-state index contributed by atoms with van der Waals surface area (Å²) in [4.78, 5) is 14.2. The van der Waals surface area contributed by atoms with Crippen molar-refractivity contribution in [1.82, 2.24) is 19.5 Å². The first-order valence-electron chi connectivity index (χ1n) is 7.34. The van der Waals surface area contributed by atoms with E-state index in [0.717, 1.165) is 28.7 Å². The Balaban J connectivity index is 2.04. The Morgan fingerprint density at radius 3 is 2.91 bits per heavy atom. The summed E-state index contributed by atoms with van der Waals surface area (Å²) in [7, 11) is 0. The molecule has 0 atom stereocenters. The first kappa shape index (κ1) is 15.4. The van der Waals surface area contributed by atoms with Gasteiger partial charge in [0.2, 0.25) is 0 Å². The minimum atomic E-state index is 0.400. The van der Waals surface area contributed by atoms with E-state index in [-0.39, 0.29) is 0 Å². The summed E-state index contributed by atoms with van der Waals surface area (Å²) < 4.78 is 2.07. The van der Waals surface area contributed by atoms with Gasteiger partial charge in [-0.05, 0) is 25.0 Å². The minimum Gasteiger partial charge on any atom is -0.382 e. The van der Waals surface area contributed by atoms with E-state index >= 15 is 0 Å². The molecule has 0 aliphatic carbocycles. The molecule has 0 spiro atoms. The van der Waals surface area contributed by atoms with Crippen molar-refractivity contribution in [3.63, 3.8) is 0 Å². The third kappa shape index (κ3) is 3.15. The Labute approximate surface area is 139 Å². The summed E-state index contributed by atoms with van der Waals surface area (Å²) in [6.45, 7) is 2.84. The molecule has 5 nitrogen and oxygen atoms in total. The molecular formula is C17H17N5S. The highest BCUT2D eigenvalue weighted by Crippen LogP contribution is 2.32. The normalized spacial score (nSPS) is 10.8. The molecule has 1 aromatic carbocycles. The molecule has 0 aliphatic heterocycles. The number of hydrogen-bond donors (Lipinski definition) is 1. The van der Waals surface area contributed by atoms with Crippen LogP contribution in [0.25, 0.3) is 11.2 Å². The molecule has 116 valence electrons. The summed E-state index contributed by atoms with van der Waals surface area (Å²) in [5.74, 6) is 3.07. The van der Waals surface area contributed by atoms with Gasteiger partial charge in [0.1, 0.15) is 6.33 Å². The highest BCUT2D eigenvalue weighted by Gasteiger charge is 2.16. The molecule has 3 rings (SSSR count). The van der Waals surface area contributed by atoms with Gasteiger partial charge in [0.15, 0.2) is 22.1 Å². The van der Waals surface area contributed by atoms with Crippen LogP contribution in [0.4, 0.5) is 5.82 Å². The quantitative estimate of drug-likeness (QED) is 0.576. The van der Waals surface area contributed by atoms with Gasteiger partial charge in [0, 0.05) is 17.9 Å². The van der Waals surface area contributed by atoms with Crippen molar-refractivity contribution in [3.8, 4) is 12.3 Å². The number of nitrogens with zero attached hydrogens (tertiary/aromatic N) is 4. The number of unbranched alkanes of at least 4 members (excludes halogenated alkanes) is 1. The Kier molecular flexibility index (Phi) is 4.49. The van der Waals surface area contributed by atoms with Crippen molar-refractivity contribution in [2.24, 2.45) is 0 Å². The van der Waals surface area contributed by atoms with Gasteiger partial charge in [-0.15, -0.1) is 12.3 Å². The third-order valence-electron chi connectivity index (χ3n) is 3.52. The molecular weight excluding hydrogens is 306 g/mol. The number of nitrogens with two attached hydrogens (primary N) is 1. The Bertz CT molecular complexity index is 878. The van der Waals surface area contributed by atoms with Crippen LogP contribution in [0.2, 0.25) is 0 Å². The number of terminal acetylenes is 1. The monoisotopic (exact) mass is 323 g/mol. The minimum absolute atomic E-state index is 0.400. The smallest absolute Gasteiger partial charge is 0.175 e. The fourth-order valence-electron chi connectivity index (χ4n) is 2.32. The van der Waals surface area contributed by atoms with Gasteiger partial charge in [-0.2, -0.15) is 0 Å². The van der Waals surface area contributed by atoms with Crippen LogP contribution >= 0.6 is 11.8 Å². The van der Waals surface area contributed by atoms with Gasteiger partial charge in [-0.25, -0.2) is 15.0 Å². The maximum Gasteiger partial charge on any atom is 0.175 e. The van der Waals surface area contributed by atoms with E-state index in [1.54, 1.807) is 11.8 Å². The molecule has 0 fully saturated rings. The molecule has 0 saturated heterocycles. The third-order valence-corrected chi connectivity index (χ3v) is 4.70. The van der Waals surface area contributed by atoms with Crippen LogP contribution in [0.15, 0.2) is 40.6 Å². The molecule has 0 aliphatic rings. The zero-order chi connectivity index (χ0) is 16.2. The van der Waals surface area contributed by atoms with E-state index in [4.69, 9.17) is 12.2 Å². The molecule has 2 heterocycles. The maximum atomic E-state index is 5.95. The number of aromatic nitrogens is 4. The summed E-state index contributed by atoms with van der Waals surface area (Å²) in [6, 6.07) is 8.22. The largest absolute Gasteiger partial charge is 0.382 e. The second-order valence-corrected chi connectivity index (χ2v) is 6.16. The number of nitrogen functional groups attached to an aromatic ring is 1. The predicted octanol–water partition coefficient (Wildman–Crippen LogP) is 3.28. The number of imidazole rings is 1. The van der Waals surface area contributed by atoms with E-state index in [1.165, 1.54) is 11.9 Å². The molecule has 0 bridgehead atoms. The van der Waals surface area contributed by atoms with Gasteiger partial charge in [0.05, 0.1) is 0 Å². The van der Waals surface area contributed by atoms with Crippen LogP contribution in [-0.4, -0.2) is 19.5 Å². The number of anilines is 1. The van der Waals surface area contributed by atoms with Gasteiger partial charge in [-0.3, -0.25) is 0 Å². The van der Waals surface area contributed by atoms with Crippen LogP contribution in [0.5, 0.6) is 0 Å². The molecule has 6 heteroatoms. The standard InChI is InChI=1S/C17H17N5S/c1-3-4-7-10-22-16-14(15(18)19-11-20-16)21-17(22)23-13-9-6-5-8-12(13)2/h1,5-6,8-9,11H,4,7,10H2,2H3,(H2,18,19,20). The number of hydrogen-bond acceptors (Lipinski definition) is 5. The molecule has 0 saturated carbocycles. The average Bonchev–Trinajstić information content (AvgIpc) is 2.89. The van der Waals surface area contributed by atoms with E-state index in [0.29, 0.717) is 17.8 Å². The van der Waals surface area contributed by atoms with Crippen molar-refractivity contribution < 1.29 is 0 Å². The Hall–Kier alpha value is -2.52. The van der Waals surface area contributed by atoms with Crippen molar-refractivity contribution in [1.29, 1.82) is 0 Å². The number of fused-ring (bicyclic) bond motifs is 1. The molecule has 3 aromatic rings. The molecule has 0 unspecified atom stereocenters. The van der Waals surface area contributed by atoms with Crippen molar-refractivity contribution >= 4 is 28.7 Å². The fraction of sp³-hybridized carbons (Fsp3) is 0.235. The highest BCUT2D eigenvalue weighted by atomic mass is 32.2. The lowest BCUT2D eigenvalue weighted by Crippen LogP contribution is -2.02. The first-order chi connectivity index (χ1) is 11.2. The molecule has 0 amide bonds. The van der Waals surface area contributed by atoms with Gasteiger partial charge in [-0.1, -0.05) is 30.0 Å². The van der Waals surface area contributed by atoms with Gasteiger partial charge >= 0.3 is 0 Å². The van der Waals surface area contributed by atoms with Crippen molar-refractivity contribution in [2.75, 3.05) is 5.73 Å². The summed E-state index contributed by atoms with van der Waals surface area (Å²) in [5, 5.41) is 0.860. The number of aryl methyl sites for hydroxylation is 2. The van der Waals surface area contributed by atoms with Gasteiger partial charge in [0.25, 0.3) is 0 Å². The average molecular weight is 323 g/mol. The van der Waals surface area contributed by atoms with E-state index < -0.39 is 0 Å². The number of benzene rings is 1. The SMILES string of the molecule is C#CCCCn1c(Sc2ccccc2C)nc2c(N)ncnc21. The van der Waals surface area contributed by atoms with E-state index in [9.17, 15) is 0 Å². The van der Waals surface area contributed by atoms with Crippen LogP contribution in [0.1, 0.15) is 18.4 Å². The van der Waals surface area contributed by atoms with Crippen molar-refractivity contribution in [2.45, 2.75) is 36.4 Å². The Morgan fingerprint density at radius 1 is 1.30 bits per heavy atom. The van der Waals surface area contributed by atoms with Crippen LogP contribution in [0.3, 0.4) is 0 Å². The first-order valence-corrected chi connectivity index (χ1v) is 8.16. The molecule has 0 radical (unpaired) electrons. The molecule has 23 heavy (non-hydrogen) atoms. The Morgan fingerprint density at radius 2 is 2.13 bits per heavy atom.